The number of carbonyl (C=O) groups is 1. The number of esters is 1. The molecule has 1 saturated heterocycles. The van der Waals surface area contributed by atoms with E-state index in [9.17, 15) is 27.9 Å². The van der Waals surface area contributed by atoms with Gasteiger partial charge >= 0.3 is 11.7 Å². The van der Waals surface area contributed by atoms with E-state index in [4.69, 9.17) is 14.6 Å². The van der Waals surface area contributed by atoms with Crippen molar-refractivity contribution in [1.82, 2.24) is 24.5 Å². The first kappa shape index (κ1) is 24.5. The summed E-state index contributed by atoms with van der Waals surface area (Å²) in [6, 6.07) is 4.47. The topological polar surface area (TPSA) is 201 Å². The first-order chi connectivity index (χ1) is 16.6. The van der Waals surface area contributed by atoms with Crippen molar-refractivity contribution in [2.24, 2.45) is 5.14 Å². The van der Waals surface area contributed by atoms with Crippen molar-refractivity contribution in [2.45, 2.75) is 43.2 Å². The Balaban J connectivity index is 1.43. The molecule has 14 nitrogen and oxygen atoms in total. The lowest BCUT2D eigenvalue weighted by Crippen LogP contribution is -2.33. The van der Waals surface area contributed by atoms with Gasteiger partial charge < -0.3 is 14.6 Å². The monoisotopic (exact) mass is 506 g/mol. The summed E-state index contributed by atoms with van der Waals surface area (Å²) in [7, 11) is -3.88. The first-order valence-electron chi connectivity index (χ1n) is 10.4. The van der Waals surface area contributed by atoms with Crippen LogP contribution in [0.4, 0.5) is 0 Å². The van der Waals surface area contributed by atoms with Gasteiger partial charge in [0.05, 0.1) is 29.3 Å². The van der Waals surface area contributed by atoms with Gasteiger partial charge in [-0.15, -0.1) is 5.10 Å². The Labute approximate surface area is 198 Å². The van der Waals surface area contributed by atoms with Gasteiger partial charge in [0.15, 0.2) is 0 Å². The maximum Gasteiger partial charge on any atom is 0.338 e. The zero-order valence-corrected chi connectivity index (χ0v) is 19.2. The highest BCUT2D eigenvalue weighted by molar-refractivity contribution is 7.89. The van der Waals surface area contributed by atoms with Gasteiger partial charge in [-0.1, -0.05) is 5.21 Å². The molecule has 3 atom stereocenters. The van der Waals surface area contributed by atoms with E-state index in [1.807, 2.05) is 0 Å². The van der Waals surface area contributed by atoms with Crippen molar-refractivity contribution in [2.75, 3.05) is 6.61 Å². The van der Waals surface area contributed by atoms with E-state index in [1.165, 1.54) is 45.9 Å². The predicted molar refractivity (Wildman–Crippen MR) is 118 cm³/mol. The number of H-pyrrole nitrogens is 1. The number of aliphatic hydroxyl groups is 1. The average Bonchev–Trinajstić information content (AvgIpc) is 3.46. The molecule has 1 fully saturated rings. The Morgan fingerprint density at radius 1 is 1.29 bits per heavy atom. The summed E-state index contributed by atoms with van der Waals surface area (Å²) in [5.74, 6) is -0.703. The number of rotatable bonds is 7. The number of hydrogen-bond donors (Lipinski definition) is 3. The number of ether oxygens (including phenoxy) is 2. The summed E-state index contributed by atoms with van der Waals surface area (Å²) in [6.07, 6.45) is 1.73. The van der Waals surface area contributed by atoms with Crippen molar-refractivity contribution >= 4 is 16.0 Å². The number of hydrogen-bond acceptors (Lipinski definition) is 10. The summed E-state index contributed by atoms with van der Waals surface area (Å²) in [6.45, 7) is 0.996. The number of benzene rings is 1. The highest BCUT2D eigenvalue weighted by Gasteiger charge is 2.38. The molecule has 2 aromatic heterocycles. The second kappa shape index (κ2) is 9.53. The normalized spacial score (nSPS) is 20.1. The molecule has 1 aliphatic rings. The van der Waals surface area contributed by atoms with Gasteiger partial charge in [0, 0.05) is 18.2 Å². The van der Waals surface area contributed by atoms with Crippen LogP contribution in [0.15, 0.2) is 51.1 Å². The quantitative estimate of drug-likeness (QED) is 0.332. The average molecular weight is 506 g/mol. The number of aromatic amines is 1. The molecular weight excluding hydrogens is 484 g/mol. The first-order valence-corrected chi connectivity index (χ1v) is 11.9. The molecule has 4 N–H and O–H groups in total. The Hall–Kier alpha value is -3.66. The van der Waals surface area contributed by atoms with Crippen LogP contribution in [0, 0.1) is 6.92 Å². The molecule has 3 heterocycles. The van der Waals surface area contributed by atoms with Crippen molar-refractivity contribution in [3.8, 4) is 0 Å². The molecule has 4 rings (SSSR count). The minimum absolute atomic E-state index is 0.124. The summed E-state index contributed by atoms with van der Waals surface area (Å²) >= 11 is 0. The lowest BCUT2D eigenvalue weighted by molar-refractivity contribution is -0.0323. The summed E-state index contributed by atoms with van der Waals surface area (Å²) in [5, 5.41) is 22.8. The van der Waals surface area contributed by atoms with Crippen molar-refractivity contribution < 1.29 is 27.8 Å². The Kier molecular flexibility index (Phi) is 6.66. The largest absolute Gasteiger partial charge is 0.455 e. The highest BCUT2D eigenvalue weighted by Crippen LogP contribution is 2.35. The molecule has 0 unspecified atom stereocenters. The summed E-state index contributed by atoms with van der Waals surface area (Å²) in [5.41, 5.74) is -0.349. The number of nitrogens with one attached hydrogen (secondary N) is 1. The van der Waals surface area contributed by atoms with Crippen LogP contribution >= 0.6 is 0 Å². The van der Waals surface area contributed by atoms with E-state index < -0.39 is 45.6 Å². The number of aryl methyl sites for hydroxylation is 1. The van der Waals surface area contributed by atoms with Crippen LogP contribution in [0.5, 0.6) is 0 Å². The third-order valence-corrected chi connectivity index (χ3v) is 6.44. The molecule has 1 aliphatic heterocycles. The SMILES string of the molecule is Cc1cn([C@H]2C[C@@H](n3cc(COC(=O)c4ccc(S(N)(=O)=O)cc4)nn3)[C@@H](CO)O2)c(=O)[nH]c1=O. The van der Waals surface area contributed by atoms with Crippen LogP contribution < -0.4 is 16.4 Å². The van der Waals surface area contributed by atoms with Gasteiger partial charge in [0.2, 0.25) is 10.0 Å². The molecule has 0 aliphatic carbocycles. The van der Waals surface area contributed by atoms with E-state index in [-0.39, 0.29) is 30.1 Å². The Bertz CT molecular complexity index is 1460. The molecule has 1 aromatic carbocycles. The van der Waals surface area contributed by atoms with Crippen LogP contribution in [0.3, 0.4) is 0 Å². The number of sulfonamides is 1. The number of primary sulfonamides is 1. The standard InChI is InChI=1S/C20H22N6O8S/c1-11-7-25(20(30)22-18(11)28)17-6-15(16(9-27)34-17)26-8-13(23-24-26)10-33-19(29)12-2-4-14(5-3-12)35(21,31)32/h2-5,7-8,15-17,27H,6,9-10H2,1H3,(H2,21,31,32)(H,22,28,30)/t15-,16-,17-/m1/s1. The van der Waals surface area contributed by atoms with Gasteiger partial charge in [0.25, 0.3) is 5.56 Å². The molecule has 0 amide bonds. The molecule has 0 bridgehead atoms. The lowest BCUT2D eigenvalue weighted by atomic mass is 10.1. The maximum atomic E-state index is 12.3. The second-order valence-corrected chi connectivity index (χ2v) is 9.49. The molecule has 0 radical (unpaired) electrons. The van der Waals surface area contributed by atoms with Gasteiger partial charge in [-0.05, 0) is 31.2 Å². The van der Waals surface area contributed by atoms with Gasteiger partial charge in [0.1, 0.15) is 24.6 Å². The van der Waals surface area contributed by atoms with Crippen molar-refractivity contribution in [3.05, 3.63) is 74.3 Å². The third kappa shape index (κ3) is 5.22. The fourth-order valence-electron chi connectivity index (χ4n) is 3.67. The highest BCUT2D eigenvalue weighted by atomic mass is 32.2. The fourth-order valence-corrected chi connectivity index (χ4v) is 4.19. The molecule has 15 heteroatoms. The van der Waals surface area contributed by atoms with E-state index in [0.717, 1.165) is 0 Å². The van der Waals surface area contributed by atoms with Gasteiger partial charge in [-0.2, -0.15) is 0 Å². The number of carbonyl (C=O) groups excluding carboxylic acids is 1. The number of nitrogens with two attached hydrogens (primary N) is 1. The van der Waals surface area contributed by atoms with E-state index >= 15 is 0 Å². The van der Waals surface area contributed by atoms with E-state index in [1.54, 1.807) is 6.92 Å². The van der Waals surface area contributed by atoms with Crippen molar-refractivity contribution in [1.29, 1.82) is 0 Å². The van der Waals surface area contributed by atoms with E-state index in [2.05, 4.69) is 15.3 Å². The van der Waals surface area contributed by atoms with Crippen LogP contribution in [0.25, 0.3) is 0 Å². The Morgan fingerprint density at radius 2 is 2.00 bits per heavy atom. The number of nitrogens with zero attached hydrogens (tertiary/aromatic N) is 4. The molecule has 0 saturated carbocycles. The van der Waals surface area contributed by atoms with Crippen LogP contribution in [-0.2, 0) is 26.1 Å². The molecule has 0 spiro atoms. The molecule has 35 heavy (non-hydrogen) atoms. The zero-order valence-electron chi connectivity index (χ0n) is 18.4. The zero-order chi connectivity index (χ0) is 25.3. The number of aromatic nitrogens is 5. The minimum atomic E-state index is -3.88. The summed E-state index contributed by atoms with van der Waals surface area (Å²) in [4.78, 5) is 38.2. The minimum Gasteiger partial charge on any atom is -0.455 e. The van der Waals surface area contributed by atoms with Crippen LogP contribution in [0.2, 0.25) is 0 Å². The van der Waals surface area contributed by atoms with Crippen molar-refractivity contribution in [3.63, 3.8) is 0 Å². The second-order valence-electron chi connectivity index (χ2n) is 7.93. The molecule has 186 valence electrons. The molecular formula is C20H22N6O8S. The molecule has 3 aromatic rings. The maximum absolute atomic E-state index is 12.3. The smallest absolute Gasteiger partial charge is 0.338 e. The summed E-state index contributed by atoms with van der Waals surface area (Å²) < 4.78 is 36.3. The lowest BCUT2D eigenvalue weighted by Gasteiger charge is -2.15. The Morgan fingerprint density at radius 3 is 2.66 bits per heavy atom. The van der Waals surface area contributed by atoms with Crippen LogP contribution in [-0.4, -0.2) is 56.7 Å². The van der Waals surface area contributed by atoms with Gasteiger partial charge in [-0.3, -0.25) is 14.3 Å². The van der Waals surface area contributed by atoms with Gasteiger partial charge in [-0.25, -0.2) is 27.8 Å². The third-order valence-electron chi connectivity index (χ3n) is 5.51. The fraction of sp³-hybridized carbons (Fsp3) is 0.350. The van der Waals surface area contributed by atoms with E-state index in [0.29, 0.717) is 11.3 Å². The van der Waals surface area contributed by atoms with Crippen LogP contribution in [0.1, 0.15) is 40.3 Å². The predicted octanol–water partition coefficient (Wildman–Crippen LogP) is -1.04. The number of aliphatic hydroxyl groups excluding tert-OH is 1.